The van der Waals surface area contributed by atoms with Crippen molar-refractivity contribution in [1.29, 1.82) is 0 Å². The van der Waals surface area contributed by atoms with Crippen molar-refractivity contribution in [3.8, 4) is 11.3 Å². The van der Waals surface area contributed by atoms with Crippen molar-refractivity contribution in [3.05, 3.63) is 65.8 Å². The zero-order valence-electron chi connectivity index (χ0n) is 15.4. The zero-order chi connectivity index (χ0) is 19.8. The lowest BCUT2D eigenvalue weighted by Crippen LogP contribution is -2.03. The number of aromatic nitrogens is 5. The van der Waals surface area contributed by atoms with Crippen molar-refractivity contribution < 1.29 is 13.2 Å². The Bertz CT molecular complexity index is 1130. The summed E-state index contributed by atoms with van der Waals surface area (Å²) < 4.78 is 44.2. The summed E-state index contributed by atoms with van der Waals surface area (Å²) in [6.07, 6.45) is 6.69. The highest BCUT2D eigenvalue weighted by Gasteiger charge is 2.18. The van der Waals surface area contributed by atoms with Crippen molar-refractivity contribution in [2.45, 2.75) is 32.9 Å². The molecule has 0 saturated carbocycles. The lowest BCUT2D eigenvalue weighted by atomic mass is 10.1. The summed E-state index contributed by atoms with van der Waals surface area (Å²) in [4.78, 5) is 4.39. The molecule has 0 radical (unpaired) electrons. The van der Waals surface area contributed by atoms with Gasteiger partial charge in [-0.2, -0.15) is 0 Å². The van der Waals surface area contributed by atoms with Crippen LogP contribution >= 0.6 is 0 Å². The monoisotopic (exact) mass is 385 g/mol. The van der Waals surface area contributed by atoms with E-state index in [1.54, 1.807) is 23.6 Å². The van der Waals surface area contributed by atoms with Gasteiger partial charge < -0.3 is 4.40 Å². The Morgan fingerprint density at radius 1 is 1.21 bits per heavy atom. The Balaban J connectivity index is 1.73. The van der Waals surface area contributed by atoms with E-state index in [0.717, 1.165) is 11.6 Å². The van der Waals surface area contributed by atoms with Crippen LogP contribution in [0.4, 0.5) is 13.2 Å². The van der Waals surface area contributed by atoms with Crippen LogP contribution < -0.4 is 0 Å². The predicted molar refractivity (Wildman–Crippen MR) is 100 cm³/mol. The molecular weight excluding hydrogens is 367 g/mol. The molecule has 8 heteroatoms. The molecule has 0 fully saturated rings. The molecule has 0 aromatic carbocycles. The van der Waals surface area contributed by atoms with E-state index in [4.69, 9.17) is 0 Å². The lowest BCUT2D eigenvalue weighted by molar-refractivity contribution is 0.358. The Hall–Kier alpha value is -3.16. The summed E-state index contributed by atoms with van der Waals surface area (Å²) in [5.41, 5.74) is 3.57. The molecule has 3 aromatic heterocycles. The van der Waals surface area contributed by atoms with Crippen molar-refractivity contribution in [1.82, 2.24) is 24.4 Å². The van der Waals surface area contributed by atoms with Gasteiger partial charge in [-0.1, -0.05) is 11.3 Å². The van der Waals surface area contributed by atoms with Crippen molar-refractivity contribution in [3.63, 3.8) is 0 Å². The molecule has 3 heterocycles. The Morgan fingerprint density at radius 2 is 2.04 bits per heavy atom. The highest BCUT2D eigenvalue weighted by Crippen LogP contribution is 2.28. The first-order chi connectivity index (χ1) is 13.4. The molecule has 144 valence electrons. The van der Waals surface area contributed by atoms with E-state index < -0.39 is 17.8 Å². The summed E-state index contributed by atoms with van der Waals surface area (Å²) in [6, 6.07) is 3.65. The van der Waals surface area contributed by atoms with Gasteiger partial charge in [-0.3, -0.25) is 0 Å². The number of hydrogen-bond acceptors (Lipinski definition) is 3. The highest BCUT2D eigenvalue weighted by molar-refractivity contribution is 5.66. The SMILES string of the molecule is Cc1c(-c2ccc3nc(CC(C)F)cn3c2)nnn1C1=C(F)C=C(F)C=CC1. The molecule has 0 bridgehead atoms. The van der Waals surface area contributed by atoms with Crippen LogP contribution in [0.3, 0.4) is 0 Å². The number of hydrogen-bond donors (Lipinski definition) is 0. The van der Waals surface area contributed by atoms with Gasteiger partial charge in [-0.15, -0.1) is 5.10 Å². The third kappa shape index (κ3) is 3.37. The van der Waals surface area contributed by atoms with E-state index >= 15 is 0 Å². The normalized spacial score (nSPS) is 15.8. The van der Waals surface area contributed by atoms with Crippen LogP contribution in [0.1, 0.15) is 24.7 Å². The topological polar surface area (TPSA) is 48.0 Å². The van der Waals surface area contributed by atoms with Gasteiger partial charge in [0, 0.05) is 36.9 Å². The van der Waals surface area contributed by atoms with Gasteiger partial charge >= 0.3 is 0 Å². The minimum absolute atomic E-state index is 0.199. The molecule has 1 atom stereocenters. The van der Waals surface area contributed by atoms with Crippen LogP contribution in [0.5, 0.6) is 0 Å². The lowest BCUT2D eigenvalue weighted by Gasteiger charge is -2.07. The van der Waals surface area contributed by atoms with E-state index in [-0.39, 0.29) is 18.5 Å². The van der Waals surface area contributed by atoms with E-state index in [1.165, 1.54) is 17.7 Å². The molecule has 1 aliphatic rings. The quantitative estimate of drug-likeness (QED) is 0.651. The molecular formula is C20H18F3N5. The molecule has 1 unspecified atom stereocenters. The largest absolute Gasteiger partial charge is 0.306 e. The van der Waals surface area contributed by atoms with Crippen LogP contribution in [0.25, 0.3) is 22.6 Å². The second-order valence-electron chi connectivity index (χ2n) is 6.77. The molecule has 0 amide bonds. The second kappa shape index (κ2) is 7.10. The summed E-state index contributed by atoms with van der Waals surface area (Å²) in [5.74, 6) is -1.33. The van der Waals surface area contributed by atoms with Crippen molar-refractivity contribution in [2.24, 2.45) is 0 Å². The van der Waals surface area contributed by atoms with Gasteiger partial charge in [0.2, 0.25) is 0 Å². The van der Waals surface area contributed by atoms with E-state index in [2.05, 4.69) is 15.3 Å². The average molecular weight is 385 g/mol. The molecule has 4 rings (SSSR count). The molecule has 0 N–H and O–H groups in total. The van der Waals surface area contributed by atoms with Gasteiger partial charge in [0.15, 0.2) is 0 Å². The Morgan fingerprint density at radius 3 is 2.82 bits per heavy atom. The number of alkyl halides is 1. The van der Waals surface area contributed by atoms with E-state index in [9.17, 15) is 13.2 Å². The van der Waals surface area contributed by atoms with Crippen LogP contribution in [0.15, 0.2) is 54.4 Å². The van der Waals surface area contributed by atoms with E-state index in [1.807, 2.05) is 18.3 Å². The predicted octanol–water partition coefficient (Wildman–Crippen LogP) is 4.75. The van der Waals surface area contributed by atoms with Crippen LogP contribution in [-0.2, 0) is 6.42 Å². The minimum Gasteiger partial charge on any atom is -0.306 e. The maximum Gasteiger partial charge on any atom is 0.147 e. The van der Waals surface area contributed by atoms with Crippen LogP contribution in [0, 0.1) is 6.92 Å². The molecule has 1 aliphatic carbocycles. The van der Waals surface area contributed by atoms with Crippen LogP contribution in [0.2, 0.25) is 0 Å². The average Bonchev–Trinajstić information content (AvgIpc) is 3.15. The van der Waals surface area contributed by atoms with Crippen molar-refractivity contribution >= 4 is 11.3 Å². The van der Waals surface area contributed by atoms with Gasteiger partial charge in [0.05, 0.1) is 17.1 Å². The number of halogens is 3. The fraction of sp³-hybridized carbons (Fsp3) is 0.250. The highest BCUT2D eigenvalue weighted by atomic mass is 19.1. The summed E-state index contributed by atoms with van der Waals surface area (Å²) in [7, 11) is 0. The van der Waals surface area contributed by atoms with Gasteiger partial charge in [-0.25, -0.2) is 22.8 Å². The number of rotatable bonds is 4. The Labute approximate surface area is 159 Å². The fourth-order valence-corrected chi connectivity index (χ4v) is 3.24. The number of imidazole rings is 1. The Kier molecular flexibility index (Phi) is 4.62. The number of nitrogens with zero attached hydrogens (tertiary/aromatic N) is 5. The molecule has 28 heavy (non-hydrogen) atoms. The van der Waals surface area contributed by atoms with Gasteiger partial charge in [0.1, 0.15) is 29.2 Å². The summed E-state index contributed by atoms with van der Waals surface area (Å²) in [6.45, 7) is 3.27. The fourth-order valence-electron chi connectivity index (χ4n) is 3.24. The van der Waals surface area contributed by atoms with E-state index in [0.29, 0.717) is 22.7 Å². The molecule has 3 aromatic rings. The molecule has 0 spiro atoms. The number of pyridine rings is 1. The van der Waals surface area contributed by atoms with Crippen molar-refractivity contribution in [2.75, 3.05) is 0 Å². The smallest absolute Gasteiger partial charge is 0.147 e. The minimum atomic E-state index is -0.970. The first-order valence-corrected chi connectivity index (χ1v) is 8.89. The summed E-state index contributed by atoms with van der Waals surface area (Å²) in [5, 5.41) is 8.25. The van der Waals surface area contributed by atoms with Gasteiger partial charge in [0.25, 0.3) is 0 Å². The number of allylic oxidation sites excluding steroid dienone is 6. The third-order valence-corrected chi connectivity index (χ3v) is 4.54. The van der Waals surface area contributed by atoms with Crippen LogP contribution in [-0.4, -0.2) is 30.6 Å². The maximum absolute atomic E-state index is 14.3. The molecule has 0 saturated heterocycles. The standard InChI is InChI=1S/C20H18F3N5/c1-12(21)8-16-11-27-10-14(6-7-19(27)24-16)20-13(2)28(26-25-20)18-5-3-4-15(22)9-17(18)23/h3-4,6-7,9-12H,5,8H2,1-2H3. The first-order valence-electron chi connectivity index (χ1n) is 8.89. The second-order valence-corrected chi connectivity index (χ2v) is 6.77. The summed E-state index contributed by atoms with van der Waals surface area (Å²) >= 11 is 0. The maximum atomic E-state index is 14.3. The third-order valence-electron chi connectivity index (χ3n) is 4.54. The molecule has 0 aliphatic heterocycles. The van der Waals surface area contributed by atoms with Gasteiger partial charge in [-0.05, 0) is 32.1 Å². The first kappa shape index (κ1) is 18.2. The molecule has 5 nitrogen and oxygen atoms in total. The zero-order valence-corrected chi connectivity index (χ0v) is 15.4. The number of fused-ring (bicyclic) bond motifs is 1.